The Labute approximate surface area is 112 Å². The molecule has 0 spiro atoms. The van der Waals surface area contributed by atoms with Gasteiger partial charge in [0, 0.05) is 19.7 Å². The lowest BCUT2D eigenvalue weighted by molar-refractivity contribution is -0.152. The number of rotatable bonds is 1. The van der Waals surface area contributed by atoms with E-state index in [1.165, 1.54) is 0 Å². The molecule has 0 saturated carbocycles. The topological polar surface area (TPSA) is 67.9 Å². The van der Waals surface area contributed by atoms with Gasteiger partial charge in [0.25, 0.3) is 5.91 Å². The lowest BCUT2D eigenvalue weighted by Gasteiger charge is -2.41. The van der Waals surface area contributed by atoms with Gasteiger partial charge in [0.1, 0.15) is 12.7 Å². The highest BCUT2D eigenvalue weighted by Crippen LogP contribution is 2.24. The summed E-state index contributed by atoms with van der Waals surface area (Å²) in [6.45, 7) is 4.06. The summed E-state index contributed by atoms with van der Waals surface area (Å²) in [6, 6.07) is -0.0735. The molecule has 2 amide bonds. The van der Waals surface area contributed by atoms with Gasteiger partial charge in [-0.3, -0.25) is 9.59 Å². The molecule has 0 radical (unpaired) electrons. The van der Waals surface area contributed by atoms with Crippen LogP contribution >= 0.6 is 0 Å². The zero-order valence-electron chi connectivity index (χ0n) is 11.1. The second kappa shape index (κ2) is 5.09. The van der Waals surface area contributed by atoms with Crippen LogP contribution < -0.4 is 5.32 Å². The van der Waals surface area contributed by atoms with Gasteiger partial charge in [-0.15, -0.1) is 0 Å². The minimum atomic E-state index is -0.309. The summed E-state index contributed by atoms with van der Waals surface area (Å²) < 4.78 is 11.0. The number of nitrogens with one attached hydrogen (secondary N) is 1. The molecule has 106 valence electrons. The zero-order chi connectivity index (χ0) is 13.4. The summed E-state index contributed by atoms with van der Waals surface area (Å²) in [4.78, 5) is 25.6. The van der Waals surface area contributed by atoms with Crippen molar-refractivity contribution >= 4 is 11.8 Å². The van der Waals surface area contributed by atoms with Crippen molar-refractivity contribution < 1.29 is 19.1 Å². The Morgan fingerprint density at radius 1 is 1.37 bits per heavy atom. The fourth-order valence-electron chi connectivity index (χ4n) is 3.09. The van der Waals surface area contributed by atoms with E-state index in [9.17, 15) is 9.59 Å². The van der Waals surface area contributed by atoms with Gasteiger partial charge in [0.05, 0.1) is 12.1 Å². The minimum absolute atomic E-state index is 0.0451. The van der Waals surface area contributed by atoms with Crippen LogP contribution in [-0.4, -0.2) is 61.3 Å². The van der Waals surface area contributed by atoms with E-state index in [2.05, 4.69) is 5.32 Å². The monoisotopic (exact) mass is 268 g/mol. The number of hydrogen-bond acceptors (Lipinski definition) is 4. The second-order valence-electron chi connectivity index (χ2n) is 5.65. The zero-order valence-corrected chi connectivity index (χ0v) is 11.1. The quantitative estimate of drug-likeness (QED) is 0.698. The van der Waals surface area contributed by atoms with Gasteiger partial charge in [-0.2, -0.15) is 0 Å². The molecule has 0 aromatic rings. The normalized spacial score (nSPS) is 38.8. The third-order valence-electron chi connectivity index (χ3n) is 4.27. The number of hydrogen-bond donors (Lipinski definition) is 1. The van der Waals surface area contributed by atoms with Crippen LogP contribution in [0.1, 0.15) is 19.8 Å². The molecule has 0 aliphatic carbocycles. The molecule has 3 fully saturated rings. The van der Waals surface area contributed by atoms with E-state index in [1.807, 2.05) is 11.8 Å². The van der Waals surface area contributed by atoms with Crippen LogP contribution in [0.4, 0.5) is 0 Å². The molecule has 1 N–H and O–H groups in total. The van der Waals surface area contributed by atoms with Crippen molar-refractivity contribution in [3.05, 3.63) is 0 Å². The molecule has 3 aliphatic rings. The number of carbonyl (C=O) groups excluding carboxylic acids is 2. The molecule has 0 unspecified atom stereocenters. The van der Waals surface area contributed by atoms with E-state index in [0.717, 1.165) is 12.8 Å². The standard InChI is InChI=1S/C13H20N2O4/c1-8-3-5-18-12(8)13(17)15-4-2-10-9(6-15)14-11(16)7-19-10/h8-10,12H,2-7H2,1H3,(H,14,16)/t8-,9+,10+,12+/m1/s1. The molecule has 0 aromatic heterocycles. The van der Waals surface area contributed by atoms with Crippen LogP contribution in [0.5, 0.6) is 0 Å². The Morgan fingerprint density at radius 3 is 2.95 bits per heavy atom. The lowest BCUT2D eigenvalue weighted by atomic mass is 9.98. The average Bonchev–Trinajstić information content (AvgIpc) is 2.83. The molecule has 3 rings (SSSR count). The number of morpholine rings is 1. The van der Waals surface area contributed by atoms with Crippen molar-refractivity contribution in [2.24, 2.45) is 5.92 Å². The molecule has 3 aliphatic heterocycles. The minimum Gasteiger partial charge on any atom is -0.368 e. The van der Waals surface area contributed by atoms with Gasteiger partial charge in [-0.25, -0.2) is 0 Å². The number of piperidine rings is 1. The van der Waals surface area contributed by atoms with Gasteiger partial charge in [-0.05, 0) is 18.8 Å². The maximum atomic E-state index is 12.4. The first-order valence-electron chi connectivity index (χ1n) is 6.96. The van der Waals surface area contributed by atoms with E-state index in [1.54, 1.807) is 0 Å². The fourth-order valence-corrected chi connectivity index (χ4v) is 3.09. The summed E-state index contributed by atoms with van der Waals surface area (Å²) in [5, 5.41) is 2.91. The number of nitrogens with zero attached hydrogens (tertiary/aromatic N) is 1. The number of ether oxygens (including phenoxy) is 2. The Morgan fingerprint density at radius 2 is 2.21 bits per heavy atom. The molecule has 3 heterocycles. The van der Waals surface area contributed by atoms with Crippen molar-refractivity contribution in [3.63, 3.8) is 0 Å². The Hall–Kier alpha value is -1.14. The fraction of sp³-hybridized carbons (Fsp3) is 0.846. The van der Waals surface area contributed by atoms with Crippen LogP contribution in [0.15, 0.2) is 0 Å². The summed E-state index contributed by atoms with van der Waals surface area (Å²) in [7, 11) is 0. The highest BCUT2D eigenvalue weighted by molar-refractivity contribution is 5.82. The van der Waals surface area contributed by atoms with Gasteiger partial charge in [-0.1, -0.05) is 6.92 Å². The number of carbonyl (C=O) groups is 2. The third kappa shape index (κ3) is 2.47. The average molecular weight is 268 g/mol. The highest BCUT2D eigenvalue weighted by atomic mass is 16.5. The highest BCUT2D eigenvalue weighted by Gasteiger charge is 2.40. The predicted octanol–water partition coefficient (Wildman–Crippen LogP) is -0.473. The molecule has 6 heteroatoms. The van der Waals surface area contributed by atoms with E-state index in [4.69, 9.17) is 9.47 Å². The van der Waals surface area contributed by atoms with E-state index in [-0.39, 0.29) is 42.6 Å². The van der Waals surface area contributed by atoms with Crippen molar-refractivity contribution in [2.75, 3.05) is 26.3 Å². The van der Waals surface area contributed by atoms with Crippen LogP contribution in [0.25, 0.3) is 0 Å². The molecule has 0 bridgehead atoms. The van der Waals surface area contributed by atoms with E-state index >= 15 is 0 Å². The first-order chi connectivity index (χ1) is 9.15. The molecular weight excluding hydrogens is 248 g/mol. The smallest absolute Gasteiger partial charge is 0.252 e. The van der Waals surface area contributed by atoms with Gasteiger partial charge < -0.3 is 19.7 Å². The summed E-state index contributed by atoms with van der Waals surface area (Å²) >= 11 is 0. The Bertz CT molecular complexity index is 387. The van der Waals surface area contributed by atoms with Crippen molar-refractivity contribution in [1.82, 2.24) is 10.2 Å². The van der Waals surface area contributed by atoms with Crippen molar-refractivity contribution in [2.45, 2.75) is 38.0 Å². The summed E-state index contributed by atoms with van der Waals surface area (Å²) in [5.74, 6) is 0.242. The Balaban J connectivity index is 1.63. The van der Waals surface area contributed by atoms with Crippen LogP contribution in [0.3, 0.4) is 0 Å². The molecule has 3 saturated heterocycles. The number of likely N-dealkylation sites (tertiary alicyclic amines) is 1. The lowest BCUT2D eigenvalue weighted by Crippen LogP contribution is -2.62. The largest absolute Gasteiger partial charge is 0.368 e. The van der Waals surface area contributed by atoms with Crippen molar-refractivity contribution in [3.8, 4) is 0 Å². The van der Waals surface area contributed by atoms with Crippen LogP contribution in [0.2, 0.25) is 0 Å². The molecule has 6 nitrogen and oxygen atoms in total. The first kappa shape index (κ1) is 12.9. The van der Waals surface area contributed by atoms with E-state index < -0.39 is 0 Å². The molecule has 19 heavy (non-hydrogen) atoms. The van der Waals surface area contributed by atoms with Gasteiger partial charge in [0.2, 0.25) is 5.91 Å². The van der Waals surface area contributed by atoms with Gasteiger partial charge >= 0.3 is 0 Å². The van der Waals surface area contributed by atoms with Crippen LogP contribution in [0, 0.1) is 5.92 Å². The molecular formula is C13H20N2O4. The summed E-state index contributed by atoms with van der Waals surface area (Å²) in [6.07, 6.45) is 1.45. The van der Waals surface area contributed by atoms with Gasteiger partial charge in [0.15, 0.2) is 0 Å². The first-order valence-corrected chi connectivity index (χ1v) is 6.96. The number of amides is 2. The van der Waals surface area contributed by atoms with Crippen LogP contribution in [-0.2, 0) is 19.1 Å². The second-order valence-corrected chi connectivity index (χ2v) is 5.65. The summed E-state index contributed by atoms with van der Waals surface area (Å²) in [5.41, 5.74) is 0. The number of fused-ring (bicyclic) bond motifs is 1. The Kier molecular flexibility index (Phi) is 3.45. The maximum absolute atomic E-state index is 12.4. The maximum Gasteiger partial charge on any atom is 0.252 e. The van der Waals surface area contributed by atoms with Crippen molar-refractivity contribution in [1.29, 1.82) is 0 Å². The third-order valence-corrected chi connectivity index (χ3v) is 4.27. The predicted molar refractivity (Wildman–Crippen MR) is 66.4 cm³/mol. The molecule has 0 aromatic carbocycles. The van der Waals surface area contributed by atoms with E-state index in [0.29, 0.717) is 19.7 Å². The molecule has 4 atom stereocenters. The SMILES string of the molecule is C[C@@H]1CCO[C@@H]1C(=O)N1CC[C@@H]2OCC(=O)N[C@H]2C1.